The Morgan fingerprint density at radius 2 is 1.34 bits per heavy atom. The molecule has 0 atom stereocenters. The number of rotatable bonds is 6. The molecular weight excluding hydrogens is 396 g/mol. The topological polar surface area (TPSA) is 87.9 Å². The minimum atomic E-state index is -0.0702. The highest BCUT2D eigenvalue weighted by molar-refractivity contribution is 5.75. The lowest BCUT2D eigenvalue weighted by atomic mass is 9.79. The fourth-order valence-electron chi connectivity index (χ4n) is 5.03. The van der Waals surface area contributed by atoms with Crippen LogP contribution in [0.2, 0.25) is 0 Å². The fourth-order valence-corrected chi connectivity index (χ4v) is 5.03. The molecule has 0 bridgehead atoms. The number of nitrogen functional groups attached to an aromatic ring is 1. The van der Waals surface area contributed by atoms with Gasteiger partial charge in [-0.2, -0.15) is 0 Å². The molecule has 0 saturated carbocycles. The van der Waals surface area contributed by atoms with E-state index in [2.05, 4.69) is 77.9 Å². The van der Waals surface area contributed by atoms with Crippen LogP contribution in [0.3, 0.4) is 0 Å². The molecule has 32 heavy (non-hydrogen) atoms. The van der Waals surface area contributed by atoms with E-state index in [-0.39, 0.29) is 23.2 Å². The highest BCUT2D eigenvalue weighted by Gasteiger charge is 2.38. The molecule has 168 valence electrons. The molecule has 0 unspecified atom stereocenters. The second kappa shape index (κ2) is 8.79. The van der Waals surface area contributed by atoms with Crippen LogP contribution in [-0.2, 0) is 0 Å². The zero-order valence-corrected chi connectivity index (χ0v) is 19.4. The molecule has 1 fully saturated rings. The van der Waals surface area contributed by atoms with Crippen molar-refractivity contribution in [1.82, 2.24) is 15.3 Å². The summed E-state index contributed by atoms with van der Waals surface area (Å²) in [6.07, 6.45) is 3.55. The van der Waals surface area contributed by atoms with Crippen LogP contribution in [0, 0.1) is 0 Å². The van der Waals surface area contributed by atoms with Crippen molar-refractivity contribution in [2.45, 2.75) is 63.7 Å². The van der Waals surface area contributed by atoms with Gasteiger partial charge in [-0.3, -0.25) is 0 Å². The Kier molecular flexibility index (Phi) is 6.07. The Bertz CT molecular complexity index is 977. The molecule has 1 aliphatic heterocycles. The molecule has 0 amide bonds. The van der Waals surface area contributed by atoms with Crippen molar-refractivity contribution in [1.29, 1.82) is 0 Å². The monoisotopic (exact) mass is 430 g/mol. The van der Waals surface area contributed by atoms with E-state index in [0.29, 0.717) is 17.3 Å². The van der Waals surface area contributed by atoms with Gasteiger partial charge in [0.15, 0.2) is 11.6 Å². The van der Waals surface area contributed by atoms with Crippen molar-refractivity contribution >= 4 is 17.3 Å². The summed E-state index contributed by atoms with van der Waals surface area (Å²) in [5.41, 5.74) is 9.48. The number of aromatic nitrogens is 2. The van der Waals surface area contributed by atoms with E-state index < -0.39 is 0 Å². The second-order valence-corrected chi connectivity index (χ2v) is 10.0. The highest BCUT2D eigenvalue weighted by Crippen LogP contribution is 2.34. The first-order valence-corrected chi connectivity index (χ1v) is 11.3. The van der Waals surface area contributed by atoms with Crippen molar-refractivity contribution in [2.24, 2.45) is 0 Å². The molecule has 4 rings (SSSR count). The maximum atomic E-state index is 6.57. The van der Waals surface area contributed by atoms with Crippen LogP contribution in [-0.4, -0.2) is 27.1 Å². The summed E-state index contributed by atoms with van der Waals surface area (Å²) in [7, 11) is 0. The number of nitrogens with two attached hydrogens (primary N) is 1. The summed E-state index contributed by atoms with van der Waals surface area (Å²) in [5.74, 6) is 1.31. The predicted molar refractivity (Wildman–Crippen MR) is 133 cm³/mol. The zero-order valence-electron chi connectivity index (χ0n) is 19.4. The van der Waals surface area contributed by atoms with Crippen LogP contribution in [0.5, 0.6) is 0 Å². The molecule has 1 aromatic heterocycles. The van der Waals surface area contributed by atoms with E-state index in [1.54, 1.807) is 6.33 Å². The van der Waals surface area contributed by atoms with Crippen molar-refractivity contribution in [3.63, 3.8) is 0 Å². The number of benzene rings is 2. The van der Waals surface area contributed by atoms with Crippen LogP contribution in [0.15, 0.2) is 67.0 Å². The third kappa shape index (κ3) is 5.19. The quantitative estimate of drug-likeness (QED) is 0.441. The van der Waals surface area contributed by atoms with Gasteiger partial charge in [0.2, 0.25) is 0 Å². The van der Waals surface area contributed by atoms with Gasteiger partial charge in [0.1, 0.15) is 12.0 Å². The van der Waals surface area contributed by atoms with E-state index in [4.69, 9.17) is 5.73 Å². The Morgan fingerprint density at radius 1 is 0.844 bits per heavy atom. The number of hydrogen-bond acceptors (Lipinski definition) is 6. The van der Waals surface area contributed by atoms with Gasteiger partial charge in [0.05, 0.1) is 6.04 Å². The molecule has 2 aromatic carbocycles. The average Bonchev–Trinajstić information content (AvgIpc) is 2.73. The predicted octanol–water partition coefficient (Wildman–Crippen LogP) is 4.98. The van der Waals surface area contributed by atoms with Crippen molar-refractivity contribution in [2.75, 3.05) is 16.4 Å². The first-order chi connectivity index (χ1) is 15.2. The van der Waals surface area contributed by atoms with Gasteiger partial charge < -0.3 is 21.7 Å². The van der Waals surface area contributed by atoms with Gasteiger partial charge >= 0.3 is 0 Å². The van der Waals surface area contributed by atoms with Gasteiger partial charge in [-0.1, -0.05) is 60.7 Å². The van der Waals surface area contributed by atoms with Gasteiger partial charge in [-0.25, -0.2) is 9.97 Å². The van der Waals surface area contributed by atoms with E-state index in [1.165, 1.54) is 0 Å². The molecule has 2 heterocycles. The number of hydrogen-bond donors (Lipinski definition) is 4. The van der Waals surface area contributed by atoms with E-state index in [1.807, 2.05) is 36.4 Å². The molecule has 1 aliphatic rings. The Labute approximate surface area is 191 Å². The van der Waals surface area contributed by atoms with E-state index in [9.17, 15) is 0 Å². The molecule has 1 saturated heterocycles. The third-order valence-electron chi connectivity index (χ3n) is 5.96. The molecule has 0 radical (unpaired) electrons. The molecule has 3 aromatic rings. The summed E-state index contributed by atoms with van der Waals surface area (Å²) in [6, 6.07) is 20.9. The molecule has 0 spiro atoms. The SMILES string of the molecule is CC1(C)CC(Nc2ncnc(NC(c3ccccc3)c3ccccc3)c2N)CC(C)(C)N1. The number of piperidine rings is 1. The zero-order chi connectivity index (χ0) is 22.8. The van der Waals surface area contributed by atoms with Crippen LogP contribution in [0.1, 0.15) is 57.7 Å². The molecule has 5 N–H and O–H groups in total. The second-order valence-electron chi connectivity index (χ2n) is 10.0. The summed E-state index contributed by atoms with van der Waals surface area (Å²) >= 11 is 0. The Morgan fingerprint density at radius 3 is 1.88 bits per heavy atom. The smallest absolute Gasteiger partial charge is 0.155 e. The standard InChI is InChI=1S/C26H34N6/c1-25(2)15-20(16-26(3,4)32-25)30-23-21(27)24(29-17-28-23)31-22(18-11-7-5-8-12-18)19-13-9-6-10-14-19/h5-14,17,20,22,32H,15-16,27H2,1-4H3,(H2,28,29,30,31). The summed E-state index contributed by atoms with van der Waals surface area (Å²) < 4.78 is 0. The largest absolute Gasteiger partial charge is 0.393 e. The number of nitrogens with one attached hydrogen (secondary N) is 3. The van der Waals surface area contributed by atoms with Crippen molar-refractivity contribution in [3.05, 3.63) is 78.1 Å². The van der Waals surface area contributed by atoms with Gasteiger partial charge in [-0.15, -0.1) is 0 Å². The van der Waals surface area contributed by atoms with Gasteiger partial charge in [0, 0.05) is 17.1 Å². The highest BCUT2D eigenvalue weighted by atomic mass is 15.1. The normalized spacial score (nSPS) is 17.8. The molecular formula is C26H34N6. The lowest BCUT2D eigenvalue weighted by Crippen LogP contribution is -2.60. The van der Waals surface area contributed by atoms with Crippen LogP contribution < -0.4 is 21.7 Å². The minimum absolute atomic E-state index is 0.0357. The van der Waals surface area contributed by atoms with Crippen molar-refractivity contribution < 1.29 is 0 Å². The first kappa shape index (κ1) is 22.1. The van der Waals surface area contributed by atoms with E-state index >= 15 is 0 Å². The Hall–Kier alpha value is -3.12. The average molecular weight is 431 g/mol. The number of nitrogens with zero attached hydrogens (tertiary/aromatic N) is 2. The fraction of sp³-hybridized carbons (Fsp3) is 0.385. The van der Waals surface area contributed by atoms with Crippen LogP contribution >= 0.6 is 0 Å². The lowest BCUT2D eigenvalue weighted by molar-refractivity contribution is 0.170. The van der Waals surface area contributed by atoms with Crippen LogP contribution in [0.25, 0.3) is 0 Å². The van der Waals surface area contributed by atoms with Crippen LogP contribution in [0.4, 0.5) is 17.3 Å². The summed E-state index contributed by atoms with van der Waals surface area (Å²) in [5, 5.41) is 10.9. The molecule has 6 nitrogen and oxygen atoms in total. The maximum absolute atomic E-state index is 6.57. The summed E-state index contributed by atoms with van der Waals surface area (Å²) in [4.78, 5) is 8.95. The summed E-state index contributed by atoms with van der Waals surface area (Å²) in [6.45, 7) is 8.96. The lowest BCUT2D eigenvalue weighted by Gasteiger charge is -2.46. The van der Waals surface area contributed by atoms with Gasteiger partial charge in [-0.05, 0) is 51.7 Å². The Balaban J connectivity index is 1.60. The van der Waals surface area contributed by atoms with E-state index in [0.717, 1.165) is 24.0 Å². The first-order valence-electron chi connectivity index (χ1n) is 11.3. The minimum Gasteiger partial charge on any atom is -0.393 e. The molecule has 0 aliphatic carbocycles. The third-order valence-corrected chi connectivity index (χ3v) is 5.96. The van der Waals surface area contributed by atoms with Crippen molar-refractivity contribution in [3.8, 4) is 0 Å². The van der Waals surface area contributed by atoms with Gasteiger partial charge in [0.25, 0.3) is 0 Å². The molecule has 6 heteroatoms. The maximum Gasteiger partial charge on any atom is 0.155 e. The number of anilines is 3.